The summed E-state index contributed by atoms with van der Waals surface area (Å²) in [4.78, 5) is 26.2. The van der Waals surface area contributed by atoms with Crippen LogP contribution < -0.4 is 10.2 Å². The van der Waals surface area contributed by atoms with E-state index in [1.807, 2.05) is 12.1 Å². The van der Waals surface area contributed by atoms with Crippen LogP contribution in [-0.4, -0.2) is 28.1 Å². The Bertz CT molecular complexity index is 1040. The van der Waals surface area contributed by atoms with Crippen LogP contribution in [0.15, 0.2) is 54.7 Å². The maximum Gasteiger partial charge on any atom is 0.259 e. The third-order valence-corrected chi connectivity index (χ3v) is 4.85. The number of para-hydroxylation sites is 1. The van der Waals surface area contributed by atoms with E-state index in [1.54, 1.807) is 42.2 Å². The van der Waals surface area contributed by atoms with Crippen LogP contribution in [0.5, 0.6) is 0 Å². The maximum atomic E-state index is 14.0. The lowest BCUT2D eigenvalue weighted by Crippen LogP contribution is -2.23. The minimum atomic E-state index is -0.410. The highest BCUT2D eigenvalue weighted by Crippen LogP contribution is 2.24. The number of anilines is 2. The van der Waals surface area contributed by atoms with Crippen LogP contribution in [0.3, 0.4) is 0 Å². The van der Waals surface area contributed by atoms with Gasteiger partial charge < -0.3 is 10.2 Å². The fourth-order valence-corrected chi connectivity index (χ4v) is 3.34. The fraction of sp³-hybridized carbons (Fsp3) is 0.190. The van der Waals surface area contributed by atoms with Gasteiger partial charge >= 0.3 is 0 Å². The lowest BCUT2D eigenvalue weighted by atomic mass is 10.2. The van der Waals surface area contributed by atoms with Crippen molar-refractivity contribution in [2.45, 2.75) is 19.8 Å². The van der Waals surface area contributed by atoms with Crippen LogP contribution in [0.4, 0.5) is 15.8 Å². The van der Waals surface area contributed by atoms with Gasteiger partial charge in [-0.2, -0.15) is 5.10 Å². The molecule has 2 aromatic carbocycles. The molecule has 1 aromatic heterocycles. The number of aromatic nitrogens is 2. The van der Waals surface area contributed by atoms with Gasteiger partial charge in [-0.15, -0.1) is 0 Å². The lowest BCUT2D eigenvalue weighted by molar-refractivity contribution is -0.117. The van der Waals surface area contributed by atoms with Crippen molar-refractivity contribution < 1.29 is 14.0 Å². The summed E-state index contributed by atoms with van der Waals surface area (Å²) in [6, 6.07) is 13.4. The Hall–Kier alpha value is -3.48. The van der Waals surface area contributed by atoms with Crippen LogP contribution in [0.2, 0.25) is 0 Å². The van der Waals surface area contributed by atoms with E-state index in [4.69, 9.17) is 0 Å². The first-order valence-electron chi connectivity index (χ1n) is 9.06. The van der Waals surface area contributed by atoms with Crippen molar-refractivity contribution >= 4 is 23.2 Å². The Morgan fingerprint density at radius 2 is 1.89 bits per heavy atom. The normalized spacial score (nSPS) is 13.8. The predicted octanol–water partition coefficient (Wildman–Crippen LogP) is 3.70. The van der Waals surface area contributed by atoms with E-state index in [-0.39, 0.29) is 11.8 Å². The second-order valence-electron chi connectivity index (χ2n) is 6.66. The van der Waals surface area contributed by atoms with Crippen molar-refractivity contribution in [2.24, 2.45) is 0 Å². The number of benzene rings is 2. The van der Waals surface area contributed by atoms with Crippen LogP contribution in [0.1, 0.15) is 28.9 Å². The van der Waals surface area contributed by atoms with E-state index in [2.05, 4.69) is 10.4 Å². The molecule has 28 heavy (non-hydrogen) atoms. The molecule has 7 heteroatoms. The summed E-state index contributed by atoms with van der Waals surface area (Å²) in [5.74, 6) is -0.620. The number of hydrogen-bond donors (Lipinski definition) is 1. The molecule has 2 amide bonds. The van der Waals surface area contributed by atoms with Gasteiger partial charge in [0.25, 0.3) is 5.91 Å². The molecule has 6 nitrogen and oxygen atoms in total. The summed E-state index contributed by atoms with van der Waals surface area (Å²) >= 11 is 0. The van der Waals surface area contributed by atoms with E-state index in [1.165, 1.54) is 16.9 Å². The fourth-order valence-electron chi connectivity index (χ4n) is 3.34. The van der Waals surface area contributed by atoms with Crippen molar-refractivity contribution in [1.29, 1.82) is 0 Å². The number of amides is 2. The van der Waals surface area contributed by atoms with Gasteiger partial charge in [0.05, 0.1) is 17.5 Å². The molecule has 0 saturated carbocycles. The van der Waals surface area contributed by atoms with E-state index in [9.17, 15) is 14.0 Å². The molecule has 1 N–H and O–H groups in total. The van der Waals surface area contributed by atoms with Gasteiger partial charge in [-0.25, -0.2) is 9.07 Å². The number of carbonyl (C=O) groups excluding carboxylic acids is 2. The topological polar surface area (TPSA) is 67.2 Å². The van der Waals surface area contributed by atoms with Crippen molar-refractivity contribution in [2.75, 3.05) is 16.8 Å². The summed E-state index contributed by atoms with van der Waals surface area (Å²) in [6.45, 7) is 2.44. The molecule has 1 saturated heterocycles. The van der Waals surface area contributed by atoms with Gasteiger partial charge in [0.2, 0.25) is 5.91 Å². The number of hydrogen-bond acceptors (Lipinski definition) is 3. The molecule has 2 heterocycles. The molecular formula is C21H19FN4O2. The Morgan fingerprint density at radius 3 is 2.57 bits per heavy atom. The molecule has 3 aromatic rings. The maximum absolute atomic E-state index is 14.0. The average Bonchev–Trinajstić information content (AvgIpc) is 3.28. The van der Waals surface area contributed by atoms with Gasteiger partial charge in [-0.1, -0.05) is 12.1 Å². The summed E-state index contributed by atoms with van der Waals surface area (Å²) in [6.07, 6.45) is 2.86. The largest absolute Gasteiger partial charge is 0.322 e. The number of carbonyl (C=O) groups is 2. The molecule has 0 bridgehead atoms. The molecule has 1 aliphatic heterocycles. The SMILES string of the molecule is Cc1c(C(=O)Nc2ccc(N3CCCC3=O)cc2)cnn1-c1ccccc1F. The molecule has 0 aliphatic carbocycles. The first-order valence-corrected chi connectivity index (χ1v) is 9.06. The van der Waals surface area contributed by atoms with Gasteiger partial charge in [0.15, 0.2) is 0 Å². The smallest absolute Gasteiger partial charge is 0.259 e. The molecule has 1 fully saturated rings. The standard InChI is InChI=1S/C21H19FN4O2/c1-14-17(13-23-26(14)19-6-3-2-5-18(19)22)21(28)24-15-8-10-16(11-9-15)25-12-4-7-20(25)27/h2-3,5-6,8-11,13H,4,7,12H2,1H3,(H,24,28). The Morgan fingerprint density at radius 1 is 1.14 bits per heavy atom. The minimum Gasteiger partial charge on any atom is -0.322 e. The molecule has 4 rings (SSSR count). The van der Waals surface area contributed by atoms with Crippen LogP contribution in [0.25, 0.3) is 5.69 Å². The van der Waals surface area contributed by atoms with E-state index >= 15 is 0 Å². The molecule has 0 unspecified atom stereocenters. The van der Waals surface area contributed by atoms with Gasteiger partial charge in [-0.3, -0.25) is 9.59 Å². The third kappa shape index (κ3) is 3.26. The first-order chi connectivity index (χ1) is 13.5. The summed E-state index contributed by atoms with van der Waals surface area (Å²) in [5, 5.41) is 6.97. The molecule has 0 atom stereocenters. The van der Waals surface area contributed by atoms with Gasteiger partial charge in [0.1, 0.15) is 11.5 Å². The zero-order valence-electron chi connectivity index (χ0n) is 15.4. The highest BCUT2D eigenvalue weighted by atomic mass is 19.1. The molecule has 0 spiro atoms. The number of nitrogens with zero attached hydrogens (tertiary/aromatic N) is 3. The van der Waals surface area contributed by atoms with Crippen molar-refractivity contribution in [3.63, 3.8) is 0 Å². The number of halogens is 1. The Labute approximate surface area is 161 Å². The Balaban J connectivity index is 1.51. The van der Waals surface area contributed by atoms with Crippen LogP contribution >= 0.6 is 0 Å². The molecule has 142 valence electrons. The van der Waals surface area contributed by atoms with E-state index in [0.717, 1.165) is 18.7 Å². The van der Waals surface area contributed by atoms with E-state index < -0.39 is 5.82 Å². The number of nitrogens with one attached hydrogen (secondary N) is 1. The Kier molecular flexibility index (Phi) is 4.65. The van der Waals surface area contributed by atoms with Crippen LogP contribution in [0, 0.1) is 12.7 Å². The highest BCUT2D eigenvalue weighted by molar-refractivity contribution is 6.05. The van der Waals surface area contributed by atoms with E-state index in [0.29, 0.717) is 29.1 Å². The summed E-state index contributed by atoms with van der Waals surface area (Å²) in [7, 11) is 0. The predicted molar refractivity (Wildman–Crippen MR) is 104 cm³/mol. The zero-order chi connectivity index (χ0) is 19.7. The molecular weight excluding hydrogens is 359 g/mol. The number of rotatable bonds is 4. The van der Waals surface area contributed by atoms with Gasteiger partial charge in [-0.05, 0) is 49.7 Å². The van der Waals surface area contributed by atoms with Crippen LogP contribution in [-0.2, 0) is 4.79 Å². The average molecular weight is 378 g/mol. The highest BCUT2D eigenvalue weighted by Gasteiger charge is 2.22. The lowest BCUT2D eigenvalue weighted by Gasteiger charge is -2.16. The second kappa shape index (κ2) is 7.26. The first kappa shape index (κ1) is 17.9. The summed E-state index contributed by atoms with van der Waals surface area (Å²) < 4.78 is 15.4. The minimum absolute atomic E-state index is 0.118. The zero-order valence-corrected chi connectivity index (χ0v) is 15.4. The van der Waals surface area contributed by atoms with Crippen molar-refractivity contribution in [1.82, 2.24) is 9.78 Å². The third-order valence-electron chi connectivity index (χ3n) is 4.85. The second-order valence-corrected chi connectivity index (χ2v) is 6.66. The quantitative estimate of drug-likeness (QED) is 0.753. The van der Waals surface area contributed by atoms with Crippen molar-refractivity contribution in [3.8, 4) is 5.69 Å². The van der Waals surface area contributed by atoms with Gasteiger partial charge in [0, 0.05) is 24.3 Å². The molecule has 1 aliphatic rings. The van der Waals surface area contributed by atoms with Crippen molar-refractivity contribution in [3.05, 3.63) is 71.8 Å². The monoisotopic (exact) mass is 378 g/mol. The molecule has 0 radical (unpaired) electrons. The summed E-state index contributed by atoms with van der Waals surface area (Å²) in [5.41, 5.74) is 2.63.